The Balaban J connectivity index is 1.68. The molecule has 0 N–H and O–H groups in total. The van der Waals surface area contributed by atoms with E-state index in [4.69, 9.17) is 0 Å². The van der Waals surface area contributed by atoms with Crippen molar-refractivity contribution >= 4 is 17.3 Å². The van der Waals surface area contributed by atoms with Crippen molar-refractivity contribution in [1.29, 1.82) is 0 Å². The zero-order chi connectivity index (χ0) is 13.9. The standard InChI is InChI=1S/C17H24N2O/c1-18(17(20)14-6-2-3-7-14)15-8-10-16(11-9-15)19-12-4-5-13-19/h8-11,14H,2-7,12-13H2,1H3. The Bertz CT molecular complexity index is 456. The van der Waals surface area contributed by atoms with Crippen LogP contribution in [0, 0.1) is 5.92 Å². The molecule has 3 nitrogen and oxygen atoms in total. The maximum Gasteiger partial charge on any atom is 0.229 e. The van der Waals surface area contributed by atoms with E-state index in [0.29, 0.717) is 0 Å². The molecule has 108 valence electrons. The van der Waals surface area contributed by atoms with Crippen LogP contribution < -0.4 is 9.80 Å². The normalized spacial score (nSPS) is 19.6. The Morgan fingerprint density at radius 3 is 2.25 bits per heavy atom. The van der Waals surface area contributed by atoms with Crippen LogP contribution in [0.15, 0.2) is 24.3 Å². The van der Waals surface area contributed by atoms with Crippen molar-refractivity contribution in [3.63, 3.8) is 0 Å². The van der Waals surface area contributed by atoms with Gasteiger partial charge in [-0.1, -0.05) is 12.8 Å². The highest BCUT2D eigenvalue weighted by Gasteiger charge is 2.26. The van der Waals surface area contributed by atoms with Gasteiger partial charge in [0.2, 0.25) is 5.91 Å². The summed E-state index contributed by atoms with van der Waals surface area (Å²) in [5.41, 5.74) is 2.30. The summed E-state index contributed by atoms with van der Waals surface area (Å²) < 4.78 is 0. The minimum Gasteiger partial charge on any atom is -0.372 e. The van der Waals surface area contributed by atoms with Gasteiger partial charge in [-0.2, -0.15) is 0 Å². The number of rotatable bonds is 3. The van der Waals surface area contributed by atoms with Crippen molar-refractivity contribution in [2.24, 2.45) is 5.92 Å². The van der Waals surface area contributed by atoms with Crippen LogP contribution in [0.1, 0.15) is 38.5 Å². The molecule has 0 aromatic heterocycles. The van der Waals surface area contributed by atoms with Crippen LogP contribution in [0.4, 0.5) is 11.4 Å². The highest BCUT2D eigenvalue weighted by atomic mass is 16.2. The number of carbonyl (C=O) groups is 1. The molecule has 3 heteroatoms. The lowest BCUT2D eigenvalue weighted by atomic mass is 10.1. The van der Waals surface area contributed by atoms with E-state index in [1.807, 2.05) is 11.9 Å². The van der Waals surface area contributed by atoms with Gasteiger partial charge in [-0.25, -0.2) is 0 Å². The maximum atomic E-state index is 12.4. The molecule has 0 bridgehead atoms. The first-order valence-corrected chi connectivity index (χ1v) is 7.88. The lowest BCUT2D eigenvalue weighted by Crippen LogP contribution is -2.31. The van der Waals surface area contributed by atoms with E-state index in [2.05, 4.69) is 29.2 Å². The molecule has 1 aromatic carbocycles. The van der Waals surface area contributed by atoms with Gasteiger partial charge in [0.25, 0.3) is 0 Å². The zero-order valence-corrected chi connectivity index (χ0v) is 12.3. The fourth-order valence-electron chi connectivity index (χ4n) is 3.44. The monoisotopic (exact) mass is 272 g/mol. The van der Waals surface area contributed by atoms with Gasteiger partial charge < -0.3 is 9.80 Å². The van der Waals surface area contributed by atoms with Gasteiger partial charge in [-0.3, -0.25) is 4.79 Å². The number of hydrogen-bond donors (Lipinski definition) is 0. The van der Waals surface area contributed by atoms with Crippen LogP contribution in [0.2, 0.25) is 0 Å². The molecule has 1 amide bonds. The molecular weight excluding hydrogens is 248 g/mol. The van der Waals surface area contributed by atoms with Crippen molar-refractivity contribution in [2.75, 3.05) is 29.9 Å². The van der Waals surface area contributed by atoms with Crippen molar-refractivity contribution < 1.29 is 4.79 Å². The average Bonchev–Trinajstić information content (AvgIpc) is 3.18. The molecular formula is C17H24N2O. The number of hydrogen-bond acceptors (Lipinski definition) is 2. The molecule has 2 fully saturated rings. The molecule has 0 spiro atoms. The Kier molecular flexibility index (Phi) is 3.95. The first kappa shape index (κ1) is 13.5. The SMILES string of the molecule is CN(C(=O)C1CCCC1)c1ccc(N2CCCC2)cc1. The number of nitrogens with zero attached hydrogens (tertiary/aromatic N) is 2. The van der Waals surface area contributed by atoms with Crippen molar-refractivity contribution in [2.45, 2.75) is 38.5 Å². The highest BCUT2D eigenvalue weighted by Crippen LogP contribution is 2.29. The molecule has 0 unspecified atom stereocenters. The largest absolute Gasteiger partial charge is 0.372 e. The third-order valence-electron chi connectivity index (χ3n) is 4.74. The minimum absolute atomic E-state index is 0.248. The third-order valence-corrected chi connectivity index (χ3v) is 4.74. The quantitative estimate of drug-likeness (QED) is 0.841. The van der Waals surface area contributed by atoms with Gasteiger partial charge >= 0.3 is 0 Å². The second-order valence-corrected chi connectivity index (χ2v) is 6.09. The van der Waals surface area contributed by atoms with E-state index in [1.165, 1.54) is 31.4 Å². The topological polar surface area (TPSA) is 23.6 Å². The summed E-state index contributed by atoms with van der Waals surface area (Å²) in [5, 5.41) is 0. The van der Waals surface area contributed by atoms with Crippen LogP contribution in [-0.2, 0) is 4.79 Å². The van der Waals surface area contributed by atoms with Crippen molar-refractivity contribution in [3.05, 3.63) is 24.3 Å². The average molecular weight is 272 g/mol. The molecule has 1 aliphatic carbocycles. The number of carbonyl (C=O) groups excluding carboxylic acids is 1. The summed E-state index contributed by atoms with van der Waals surface area (Å²) in [4.78, 5) is 16.7. The van der Waals surface area contributed by atoms with Gasteiger partial charge in [-0.05, 0) is 49.9 Å². The summed E-state index contributed by atoms with van der Waals surface area (Å²) in [7, 11) is 1.91. The molecule has 3 rings (SSSR count). The smallest absolute Gasteiger partial charge is 0.229 e. The Morgan fingerprint density at radius 2 is 1.65 bits per heavy atom. The van der Waals surface area contributed by atoms with Gasteiger partial charge in [0, 0.05) is 37.4 Å². The van der Waals surface area contributed by atoms with Crippen LogP contribution >= 0.6 is 0 Å². The molecule has 1 aromatic rings. The Labute approximate surface area is 121 Å². The first-order valence-electron chi connectivity index (χ1n) is 7.88. The molecule has 1 saturated carbocycles. The molecule has 0 atom stereocenters. The predicted molar refractivity (Wildman–Crippen MR) is 83.3 cm³/mol. The van der Waals surface area contributed by atoms with E-state index in [0.717, 1.165) is 31.6 Å². The van der Waals surface area contributed by atoms with E-state index >= 15 is 0 Å². The second kappa shape index (κ2) is 5.86. The Morgan fingerprint density at radius 1 is 1.05 bits per heavy atom. The van der Waals surface area contributed by atoms with Gasteiger partial charge in [0.15, 0.2) is 0 Å². The van der Waals surface area contributed by atoms with Crippen LogP contribution in [-0.4, -0.2) is 26.0 Å². The fraction of sp³-hybridized carbons (Fsp3) is 0.588. The lowest BCUT2D eigenvalue weighted by Gasteiger charge is -2.23. The van der Waals surface area contributed by atoms with Gasteiger partial charge in [0.1, 0.15) is 0 Å². The summed E-state index contributed by atoms with van der Waals surface area (Å²) in [6, 6.07) is 8.47. The maximum absolute atomic E-state index is 12.4. The van der Waals surface area contributed by atoms with Gasteiger partial charge in [-0.15, -0.1) is 0 Å². The van der Waals surface area contributed by atoms with Crippen molar-refractivity contribution in [1.82, 2.24) is 0 Å². The zero-order valence-electron chi connectivity index (χ0n) is 12.3. The van der Waals surface area contributed by atoms with E-state index in [9.17, 15) is 4.79 Å². The number of benzene rings is 1. The number of amides is 1. The predicted octanol–water partition coefficient (Wildman–Crippen LogP) is 3.44. The highest BCUT2D eigenvalue weighted by molar-refractivity contribution is 5.94. The summed E-state index contributed by atoms with van der Waals surface area (Å²) in [6.45, 7) is 2.33. The lowest BCUT2D eigenvalue weighted by molar-refractivity contribution is -0.121. The molecule has 1 heterocycles. The van der Waals surface area contributed by atoms with Crippen LogP contribution in [0.5, 0.6) is 0 Å². The third kappa shape index (κ3) is 2.67. The summed E-state index contributed by atoms with van der Waals surface area (Å²) in [6.07, 6.45) is 7.13. The molecule has 1 saturated heterocycles. The number of anilines is 2. The van der Waals surface area contributed by atoms with Crippen LogP contribution in [0.3, 0.4) is 0 Å². The minimum atomic E-state index is 0.248. The molecule has 2 aliphatic rings. The summed E-state index contributed by atoms with van der Waals surface area (Å²) >= 11 is 0. The molecule has 1 aliphatic heterocycles. The molecule has 20 heavy (non-hydrogen) atoms. The Hall–Kier alpha value is -1.51. The van der Waals surface area contributed by atoms with Crippen molar-refractivity contribution in [3.8, 4) is 0 Å². The van der Waals surface area contributed by atoms with E-state index in [1.54, 1.807) is 0 Å². The second-order valence-electron chi connectivity index (χ2n) is 6.09. The van der Waals surface area contributed by atoms with Gasteiger partial charge in [0.05, 0.1) is 0 Å². The fourth-order valence-corrected chi connectivity index (χ4v) is 3.44. The molecule has 0 radical (unpaired) electrons. The van der Waals surface area contributed by atoms with E-state index < -0.39 is 0 Å². The first-order chi connectivity index (χ1) is 9.75. The van der Waals surface area contributed by atoms with Crippen LogP contribution in [0.25, 0.3) is 0 Å². The summed E-state index contributed by atoms with van der Waals surface area (Å²) in [5.74, 6) is 0.537. The van der Waals surface area contributed by atoms with E-state index in [-0.39, 0.29) is 11.8 Å².